The number of nitrogens with one attached hydrogen (secondary N) is 1. The quantitative estimate of drug-likeness (QED) is 0.641. The first-order valence-electron chi connectivity index (χ1n) is 4.33. The smallest absolute Gasteiger partial charge is 0.339 e. The van der Waals surface area contributed by atoms with E-state index in [1.165, 1.54) is 18.3 Å². The zero-order valence-electron chi connectivity index (χ0n) is 8.25. The van der Waals surface area contributed by atoms with Gasteiger partial charge in [0.25, 0.3) is 0 Å². The van der Waals surface area contributed by atoms with E-state index in [9.17, 15) is 13.2 Å². The molecule has 0 fully saturated rings. The van der Waals surface area contributed by atoms with Crippen LogP contribution in [-0.4, -0.2) is 36.8 Å². The Morgan fingerprint density at radius 3 is 2.81 bits per heavy atom. The highest BCUT2D eigenvalue weighted by Crippen LogP contribution is 2.10. The van der Waals surface area contributed by atoms with Gasteiger partial charge >= 0.3 is 5.97 Å². The molecule has 4 N–H and O–H groups in total. The molecule has 16 heavy (non-hydrogen) atoms. The summed E-state index contributed by atoms with van der Waals surface area (Å²) in [6.45, 7) is 0.0100. The van der Waals surface area contributed by atoms with Crippen LogP contribution in [0.25, 0.3) is 0 Å². The summed E-state index contributed by atoms with van der Waals surface area (Å²) < 4.78 is 21.3. The third kappa shape index (κ3) is 3.83. The molecule has 1 heterocycles. The molecule has 0 aliphatic rings. The lowest BCUT2D eigenvalue weighted by Gasteiger charge is -2.06. The maximum Gasteiger partial charge on any atom is 0.339 e. The number of hydrogen-bond acceptors (Lipinski definition) is 5. The Kier molecular flexibility index (Phi) is 3.80. The molecule has 0 aromatic carbocycles. The molecule has 0 aliphatic heterocycles. The van der Waals surface area contributed by atoms with E-state index < -0.39 is 16.0 Å². The van der Waals surface area contributed by atoms with Crippen molar-refractivity contribution < 1.29 is 18.3 Å². The number of primary sulfonamides is 1. The van der Waals surface area contributed by atoms with Gasteiger partial charge in [-0.1, -0.05) is 0 Å². The molecule has 1 aromatic heterocycles. The maximum absolute atomic E-state index is 10.8. The number of anilines is 1. The monoisotopic (exact) mass is 245 g/mol. The van der Waals surface area contributed by atoms with Gasteiger partial charge < -0.3 is 10.4 Å². The van der Waals surface area contributed by atoms with Gasteiger partial charge in [0.1, 0.15) is 11.4 Å². The van der Waals surface area contributed by atoms with Gasteiger partial charge in [-0.15, -0.1) is 0 Å². The summed E-state index contributed by atoms with van der Waals surface area (Å²) >= 11 is 0. The van der Waals surface area contributed by atoms with Crippen LogP contribution >= 0.6 is 0 Å². The van der Waals surface area contributed by atoms with Gasteiger partial charge in [0.05, 0.1) is 5.75 Å². The molecule has 1 rings (SSSR count). The fourth-order valence-corrected chi connectivity index (χ4v) is 1.42. The fourth-order valence-electron chi connectivity index (χ4n) is 1.03. The van der Waals surface area contributed by atoms with Crippen LogP contribution in [0.5, 0.6) is 0 Å². The van der Waals surface area contributed by atoms with Crippen molar-refractivity contribution in [1.29, 1.82) is 0 Å². The second kappa shape index (κ2) is 4.90. The summed E-state index contributed by atoms with van der Waals surface area (Å²) in [7, 11) is -3.57. The van der Waals surface area contributed by atoms with E-state index in [2.05, 4.69) is 10.3 Å². The molecule has 1 aromatic rings. The zero-order chi connectivity index (χ0) is 12.2. The van der Waals surface area contributed by atoms with Crippen LogP contribution in [0, 0.1) is 0 Å². The van der Waals surface area contributed by atoms with Crippen LogP contribution in [0.15, 0.2) is 18.3 Å². The van der Waals surface area contributed by atoms with E-state index in [-0.39, 0.29) is 23.7 Å². The normalized spacial score (nSPS) is 11.1. The Morgan fingerprint density at radius 1 is 1.56 bits per heavy atom. The number of hydrogen-bond donors (Lipinski definition) is 3. The molecule has 0 saturated heterocycles. The highest BCUT2D eigenvalue weighted by molar-refractivity contribution is 7.89. The van der Waals surface area contributed by atoms with Gasteiger partial charge in [-0.05, 0) is 12.1 Å². The molecule has 0 saturated carbocycles. The second-order valence-corrected chi connectivity index (χ2v) is 4.73. The van der Waals surface area contributed by atoms with E-state index in [1.54, 1.807) is 0 Å². The van der Waals surface area contributed by atoms with Crippen LogP contribution in [0.2, 0.25) is 0 Å². The van der Waals surface area contributed by atoms with Crippen molar-refractivity contribution >= 4 is 21.8 Å². The molecule has 0 bridgehead atoms. The molecule has 88 valence electrons. The fraction of sp³-hybridized carbons (Fsp3) is 0.250. The third-order valence-corrected chi connectivity index (χ3v) is 2.49. The molecule has 0 atom stereocenters. The lowest BCUT2D eigenvalue weighted by atomic mass is 10.2. The minimum absolute atomic E-state index is 0.0100. The van der Waals surface area contributed by atoms with E-state index in [0.29, 0.717) is 0 Å². The standard InChI is InChI=1S/C8H11N3O4S/c9-16(14,15)5-4-11-7-6(8(12)13)2-1-3-10-7/h1-3H,4-5H2,(H,10,11)(H,12,13)(H2,9,14,15). The minimum atomic E-state index is -3.57. The van der Waals surface area contributed by atoms with E-state index in [0.717, 1.165) is 0 Å². The molecule has 0 spiro atoms. The number of nitrogens with zero attached hydrogens (tertiary/aromatic N) is 1. The highest BCUT2D eigenvalue weighted by Gasteiger charge is 2.10. The van der Waals surface area contributed by atoms with Crippen LogP contribution in [0.4, 0.5) is 5.82 Å². The third-order valence-electron chi connectivity index (χ3n) is 1.72. The van der Waals surface area contributed by atoms with Crippen molar-refractivity contribution in [2.45, 2.75) is 0 Å². The van der Waals surface area contributed by atoms with Crippen LogP contribution in [0.1, 0.15) is 10.4 Å². The minimum Gasteiger partial charge on any atom is -0.478 e. The number of aromatic nitrogens is 1. The Balaban J connectivity index is 2.71. The SMILES string of the molecule is NS(=O)(=O)CCNc1ncccc1C(=O)O. The van der Waals surface area contributed by atoms with Gasteiger partial charge in [0, 0.05) is 12.7 Å². The summed E-state index contributed by atoms with van der Waals surface area (Å²) in [5.74, 6) is -1.30. The largest absolute Gasteiger partial charge is 0.478 e. The first-order chi connectivity index (χ1) is 7.40. The van der Waals surface area contributed by atoms with Gasteiger partial charge in [0.15, 0.2) is 0 Å². The number of carboxylic acids is 1. The average molecular weight is 245 g/mol. The number of nitrogens with two attached hydrogens (primary N) is 1. The Bertz CT molecular complexity index is 486. The van der Waals surface area contributed by atoms with Crippen molar-refractivity contribution in [2.24, 2.45) is 5.14 Å². The van der Waals surface area contributed by atoms with Crippen LogP contribution < -0.4 is 10.5 Å². The molecule has 0 unspecified atom stereocenters. The van der Waals surface area contributed by atoms with E-state index >= 15 is 0 Å². The lowest BCUT2D eigenvalue weighted by molar-refractivity contribution is 0.0697. The topological polar surface area (TPSA) is 122 Å². The predicted molar refractivity (Wildman–Crippen MR) is 57.7 cm³/mol. The van der Waals surface area contributed by atoms with E-state index in [4.69, 9.17) is 10.2 Å². The summed E-state index contributed by atoms with van der Waals surface area (Å²) in [6, 6.07) is 2.85. The molecule has 0 radical (unpaired) electrons. The van der Waals surface area contributed by atoms with Gasteiger partial charge in [-0.3, -0.25) is 0 Å². The number of carbonyl (C=O) groups is 1. The Labute approximate surface area is 92.4 Å². The number of pyridine rings is 1. The van der Waals surface area contributed by atoms with Gasteiger partial charge in [-0.25, -0.2) is 23.3 Å². The highest BCUT2D eigenvalue weighted by atomic mass is 32.2. The van der Waals surface area contributed by atoms with Gasteiger partial charge in [-0.2, -0.15) is 0 Å². The van der Waals surface area contributed by atoms with Crippen molar-refractivity contribution in [2.75, 3.05) is 17.6 Å². The predicted octanol–water partition coefficient (Wildman–Crippen LogP) is -0.520. The molecular weight excluding hydrogens is 234 g/mol. The van der Waals surface area contributed by atoms with E-state index in [1.807, 2.05) is 0 Å². The first kappa shape index (κ1) is 12.4. The molecule has 7 nitrogen and oxygen atoms in total. The van der Waals surface area contributed by atoms with Gasteiger partial charge in [0.2, 0.25) is 10.0 Å². The zero-order valence-corrected chi connectivity index (χ0v) is 9.07. The van der Waals surface area contributed by atoms with Crippen molar-refractivity contribution in [3.8, 4) is 0 Å². The maximum atomic E-state index is 10.8. The number of rotatable bonds is 5. The first-order valence-corrected chi connectivity index (χ1v) is 6.04. The van der Waals surface area contributed by atoms with Crippen molar-refractivity contribution in [3.63, 3.8) is 0 Å². The van der Waals surface area contributed by atoms with Crippen molar-refractivity contribution in [1.82, 2.24) is 4.98 Å². The average Bonchev–Trinajstić information content (AvgIpc) is 2.16. The molecule has 0 aliphatic carbocycles. The number of sulfonamides is 1. The number of carboxylic acid groups (broad SMARTS) is 1. The molecule has 8 heteroatoms. The summed E-state index contributed by atoms with van der Waals surface area (Å²) in [5, 5.41) is 16.2. The second-order valence-electron chi connectivity index (χ2n) is 3.00. The van der Waals surface area contributed by atoms with Crippen molar-refractivity contribution in [3.05, 3.63) is 23.9 Å². The Morgan fingerprint density at radius 2 is 2.25 bits per heavy atom. The van der Waals surface area contributed by atoms with Crippen LogP contribution in [0.3, 0.4) is 0 Å². The molecule has 0 amide bonds. The summed E-state index contributed by atoms with van der Waals surface area (Å²) in [5.41, 5.74) is -0.0167. The Hall–Kier alpha value is -1.67. The molecular formula is C8H11N3O4S. The van der Waals surface area contributed by atoms with Crippen LogP contribution in [-0.2, 0) is 10.0 Å². The lowest BCUT2D eigenvalue weighted by Crippen LogP contribution is -2.23. The summed E-state index contributed by atoms with van der Waals surface area (Å²) in [4.78, 5) is 14.6. The number of aromatic carboxylic acids is 1. The summed E-state index contributed by atoms with van der Waals surface area (Å²) in [6.07, 6.45) is 1.41.